The quantitative estimate of drug-likeness (QED) is 0.814. The van der Waals surface area contributed by atoms with Crippen molar-refractivity contribution in [2.45, 2.75) is 43.9 Å². The van der Waals surface area contributed by atoms with E-state index in [9.17, 15) is 15.2 Å². The molecule has 114 valence electrons. The first-order chi connectivity index (χ1) is 10.1. The van der Waals surface area contributed by atoms with Crippen molar-refractivity contribution in [3.8, 4) is 0 Å². The molecular weight excluding hydrogens is 272 g/mol. The molecule has 21 heavy (non-hydrogen) atoms. The minimum atomic E-state index is -0.579. The Morgan fingerprint density at radius 3 is 2.10 bits per heavy atom. The van der Waals surface area contributed by atoms with E-state index in [-0.39, 0.29) is 12.1 Å². The molecule has 1 aromatic carbocycles. The standard InChI is InChI=1S/C15H20N2O4/c1-21-15(18)11-8-6-10(7-9-11)14-16(19)12-4-2-3-5-13(12)17(14)20/h6-9,12-14,19-20H,2-5H2,1H3/t12-,13-/m1/s1. The molecule has 1 aliphatic carbocycles. The van der Waals surface area contributed by atoms with E-state index < -0.39 is 12.1 Å². The zero-order valence-electron chi connectivity index (χ0n) is 12.0. The van der Waals surface area contributed by atoms with Crippen LogP contribution >= 0.6 is 0 Å². The summed E-state index contributed by atoms with van der Waals surface area (Å²) in [6.45, 7) is 0. The lowest BCUT2D eigenvalue weighted by molar-refractivity contribution is -0.211. The molecule has 0 aromatic heterocycles. The molecule has 6 heteroatoms. The number of carbonyl (C=O) groups excluding carboxylic acids is 1. The number of ether oxygens (including phenoxy) is 1. The zero-order chi connectivity index (χ0) is 15.0. The minimum absolute atomic E-state index is 0.0333. The van der Waals surface area contributed by atoms with E-state index in [1.807, 2.05) is 0 Å². The third-order valence-electron chi connectivity index (χ3n) is 4.50. The molecule has 1 saturated carbocycles. The number of esters is 1. The third kappa shape index (κ3) is 2.44. The predicted octanol–water partition coefficient (Wildman–Crippen LogP) is 2.18. The number of methoxy groups -OCH3 is 1. The molecule has 0 unspecified atom stereocenters. The van der Waals surface area contributed by atoms with Gasteiger partial charge in [-0.3, -0.25) is 0 Å². The van der Waals surface area contributed by atoms with Gasteiger partial charge < -0.3 is 15.2 Å². The van der Waals surface area contributed by atoms with Crippen molar-refractivity contribution < 1.29 is 19.9 Å². The summed E-state index contributed by atoms with van der Waals surface area (Å²) < 4.78 is 4.66. The number of hydroxylamine groups is 4. The molecule has 1 heterocycles. The molecule has 2 atom stereocenters. The molecule has 3 rings (SSSR count). The van der Waals surface area contributed by atoms with Crippen molar-refractivity contribution in [1.29, 1.82) is 0 Å². The summed E-state index contributed by atoms with van der Waals surface area (Å²) in [6.07, 6.45) is 3.33. The van der Waals surface area contributed by atoms with E-state index >= 15 is 0 Å². The van der Waals surface area contributed by atoms with Gasteiger partial charge in [-0.1, -0.05) is 25.0 Å². The Labute approximate surface area is 123 Å². The Balaban J connectivity index is 1.84. The number of benzene rings is 1. The summed E-state index contributed by atoms with van der Waals surface area (Å²) in [5.74, 6) is -0.400. The molecule has 0 spiro atoms. The van der Waals surface area contributed by atoms with Gasteiger partial charge in [-0.05, 0) is 30.5 Å². The number of nitrogens with zero attached hydrogens (tertiary/aromatic N) is 2. The Morgan fingerprint density at radius 2 is 1.62 bits per heavy atom. The Hall–Kier alpha value is -1.47. The van der Waals surface area contributed by atoms with E-state index in [0.717, 1.165) is 31.2 Å². The van der Waals surface area contributed by atoms with Crippen molar-refractivity contribution in [2.24, 2.45) is 0 Å². The van der Waals surface area contributed by atoms with Crippen LogP contribution in [0.3, 0.4) is 0 Å². The zero-order valence-corrected chi connectivity index (χ0v) is 12.0. The molecule has 1 aliphatic heterocycles. The maximum Gasteiger partial charge on any atom is 0.337 e. The molecule has 2 aliphatic rings. The molecule has 1 saturated heterocycles. The number of hydrogen-bond acceptors (Lipinski definition) is 6. The highest BCUT2D eigenvalue weighted by atomic mass is 16.6. The van der Waals surface area contributed by atoms with Gasteiger partial charge in [0.25, 0.3) is 0 Å². The summed E-state index contributed by atoms with van der Waals surface area (Å²) in [6, 6.07) is 6.69. The summed E-state index contributed by atoms with van der Waals surface area (Å²) in [5, 5.41) is 23.2. The number of hydrogen-bond donors (Lipinski definition) is 2. The summed E-state index contributed by atoms with van der Waals surface area (Å²) in [4.78, 5) is 11.4. The van der Waals surface area contributed by atoms with Crippen molar-refractivity contribution in [3.63, 3.8) is 0 Å². The van der Waals surface area contributed by atoms with Crippen LogP contribution in [0.1, 0.15) is 47.8 Å². The van der Waals surface area contributed by atoms with E-state index in [4.69, 9.17) is 0 Å². The first kappa shape index (κ1) is 14.5. The van der Waals surface area contributed by atoms with Crippen LogP contribution in [-0.2, 0) is 4.74 Å². The third-order valence-corrected chi connectivity index (χ3v) is 4.50. The average Bonchev–Trinajstić information content (AvgIpc) is 2.79. The smallest absolute Gasteiger partial charge is 0.337 e. The molecule has 2 fully saturated rings. The first-order valence-electron chi connectivity index (χ1n) is 7.26. The van der Waals surface area contributed by atoms with Gasteiger partial charge in [0.05, 0.1) is 24.8 Å². The average molecular weight is 292 g/mol. The van der Waals surface area contributed by atoms with Crippen molar-refractivity contribution >= 4 is 5.97 Å². The lowest BCUT2D eigenvalue weighted by Crippen LogP contribution is -2.37. The van der Waals surface area contributed by atoms with Crippen LogP contribution in [0, 0.1) is 0 Å². The van der Waals surface area contributed by atoms with Gasteiger partial charge in [-0.25, -0.2) is 4.79 Å². The predicted molar refractivity (Wildman–Crippen MR) is 73.8 cm³/mol. The van der Waals surface area contributed by atoms with Gasteiger partial charge in [0, 0.05) is 0 Å². The summed E-state index contributed by atoms with van der Waals surface area (Å²) >= 11 is 0. The van der Waals surface area contributed by atoms with Gasteiger partial charge in [0.2, 0.25) is 0 Å². The molecule has 0 radical (unpaired) electrons. The van der Waals surface area contributed by atoms with Crippen LogP contribution in [-0.4, -0.2) is 45.7 Å². The minimum Gasteiger partial charge on any atom is -0.465 e. The van der Waals surface area contributed by atoms with Gasteiger partial charge in [0.15, 0.2) is 0 Å². The van der Waals surface area contributed by atoms with Gasteiger partial charge in [-0.15, -0.1) is 0 Å². The summed E-state index contributed by atoms with van der Waals surface area (Å²) in [5.41, 5.74) is 1.20. The largest absolute Gasteiger partial charge is 0.465 e. The second-order valence-electron chi connectivity index (χ2n) is 5.67. The molecule has 6 nitrogen and oxygen atoms in total. The number of carbonyl (C=O) groups is 1. The molecule has 0 amide bonds. The van der Waals surface area contributed by atoms with Crippen LogP contribution in [0.4, 0.5) is 0 Å². The SMILES string of the molecule is COC(=O)c1ccc(C2N(O)[C@@H]3CCCC[C@H]3N2O)cc1. The van der Waals surface area contributed by atoms with Gasteiger partial charge in [0.1, 0.15) is 6.17 Å². The lowest BCUT2D eigenvalue weighted by Gasteiger charge is -2.27. The van der Waals surface area contributed by atoms with Gasteiger partial charge in [-0.2, -0.15) is 10.1 Å². The van der Waals surface area contributed by atoms with Crippen LogP contribution < -0.4 is 0 Å². The normalized spacial score (nSPS) is 27.6. The fourth-order valence-electron chi connectivity index (χ4n) is 3.41. The van der Waals surface area contributed by atoms with Crippen molar-refractivity contribution in [1.82, 2.24) is 10.1 Å². The molecular formula is C15H20N2O4. The monoisotopic (exact) mass is 292 g/mol. The van der Waals surface area contributed by atoms with Gasteiger partial charge >= 0.3 is 5.97 Å². The molecule has 0 bridgehead atoms. The van der Waals surface area contributed by atoms with Crippen LogP contribution in [0.25, 0.3) is 0 Å². The second-order valence-corrected chi connectivity index (χ2v) is 5.67. The molecule has 1 aromatic rings. The second kappa shape index (κ2) is 5.73. The van der Waals surface area contributed by atoms with Crippen molar-refractivity contribution in [2.75, 3.05) is 7.11 Å². The van der Waals surface area contributed by atoms with E-state index in [2.05, 4.69) is 4.74 Å². The Morgan fingerprint density at radius 1 is 1.10 bits per heavy atom. The van der Waals surface area contributed by atoms with Crippen molar-refractivity contribution in [3.05, 3.63) is 35.4 Å². The topological polar surface area (TPSA) is 73.2 Å². The lowest BCUT2D eigenvalue weighted by atomic mass is 9.91. The highest BCUT2D eigenvalue weighted by Crippen LogP contribution is 2.40. The number of fused-ring (bicyclic) bond motifs is 1. The first-order valence-corrected chi connectivity index (χ1v) is 7.26. The molecule has 2 N–H and O–H groups in total. The number of rotatable bonds is 2. The Bertz CT molecular complexity index is 501. The Kier molecular flexibility index (Phi) is 3.95. The highest BCUT2D eigenvalue weighted by Gasteiger charge is 2.47. The van der Waals surface area contributed by atoms with E-state index in [1.165, 1.54) is 17.2 Å². The van der Waals surface area contributed by atoms with Crippen LogP contribution in [0.5, 0.6) is 0 Å². The highest BCUT2D eigenvalue weighted by molar-refractivity contribution is 5.89. The van der Waals surface area contributed by atoms with E-state index in [0.29, 0.717) is 5.56 Å². The fourth-order valence-corrected chi connectivity index (χ4v) is 3.41. The fraction of sp³-hybridized carbons (Fsp3) is 0.533. The maximum atomic E-state index is 11.4. The van der Waals surface area contributed by atoms with Crippen LogP contribution in [0.2, 0.25) is 0 Å². The maximum absolute atomic E-state index is 11.4. The van der Waals surface area contributed by atoms with E-state index in [1.54, 1.807) is 24.3 Å². The summed E-state index contributed by atoms with van der Waals surface area (Å²) in [7, 11) is 1.34. The van der Waals surface area contributed by atoms with Crippen LogP contribution in [0.15, 0.2) is 24.3 Å².